The van der Waals surface area contributed by atoms with Crippen LogP contribution in [0.1, 0.15) is 0 Å². The fraction of sp³-hybridized carbons (Fsp3) is 0.667. The van der Waals surface area contributed by atoms with Crippen LogP contribution in [0.4, 0.5) is 0 Å². The highest BCUT2D eigenvalue weighted by molar-refractivity contribution is 5.81. The molecule has 0 bridgehead atoms. The molecule has 1 saturated heterocycles. The number of guanidine groups is 2. The van der Waals surface area contributed by atoms with Gasteiger partial charge in [-0.1, -0.05) is 5.43 Å². The van der Waals surface area contributed by atoms with Crippen LogP contribution in [0.3, 0.4) is 0 Å². The van der Waals surface area contributed by atoms with Gasteiger partial charge in [-0.3, -0.25) is 0 Å². The molecule has 0 radical (unpaired) electrons. The first-order chi connectivity index (χ1) is 8.49. The molecule has 0 aromatic heterocycles. The zero-order valence-corrected chi connectivity index (χ0v) is 9.27. The highest BCUT2D eigenvalue weighted by atomic mass is 16.7. The highest BCUT2D eigenvalue weighted by Crippen LogP contribution is 1.97. The molecule has 1 fully saturated rings. The van der Waals surface area contributed by atoms with Crippen molar-refractivity contribution in [3.63, 3.8) is 0 Å². The van der Waals surface area contributed by atoms with Crippen molar-refractivity contribution in [1.82, 2.24) is 15.6 Å². The smallest absolute Gasteiger partial charge is 0.271 e. The molecule has 0 saturated carbocycles. The molecule has 1 heterocycles. The average molecular weight is 260 g/mol. The van der Waals surface area contributed by atoms with Crippen LogP contribution >= 0.6 is 0 Å². The molecular formula is C6H12N8O4. The first-order valence-electron chi connectivity index (χ1n) is 4.92. The number of nitro groups is 2. The molecule has 1 rings (SSSR count). The third-order valence-electron chi connectivity index (χ3n) is 2.00. The zero-order valence-electron chi connectivity index (χ0n) is 9.27. The van der Waals surface area contributed by atoms with Crippen LogP contribution < -0.4 is 16.5 Å². The standard InChI is InChI=1S/C6H12N8O4/c7-5(10-13(15)16)8-1-3-12-4-2-9-6(12)11-14(17)18/h1-4H2,(H,9,11)(H3,7,8,10). The normalized spacial score (nSPS) is 17.7. The molecule has 18 heavy (non-hydrogen) atoms. The van der Waals surface area contributed by atoms with Crippen molar-refractivity contribution < 1.29 is 10.1 Å². The number of hydrazine groups is 1. The summed E-state index contributed by atoms with van der Waals surface area (Å²) in [4.78, 5) is 25.5. The van der Waals surface area contributed by atoms with Gasteiger partial charge in [0.15, 0.2) is 10.1 Å². The van der Waals surface area contributed by atoms with Gasteiger partial charge in [-0.15, -0.1) is 0 Å². The Morgan fingerprint density at radius 3 is 2.89 bits per heavy atom. The van der Waals surface area contributed by atoms with Crippen molar-refractivity contribution in [3.05, 3.63) is 20.2 Å². The summed E-state index contributed by atoms with van der Waals surface area (Å²) in [7, 11) is 0. The van der Waals surface area contributed by atoms with Crippen LogP contribution in [0.25, 0.3) is 0 Å². The fourth-order valence-electron chi connectivity index (χ4n) is 1.33. The lowest BCUT2D eigenvalue weighted by Crippen LogP contribution is -2.37. The molecular weight excluding hydrogens is 248 g/mol. The van der Waals surface area contributed by atoms with E-state index in [9.17, 15) is 20.2 Å². The van der Waals surface area contributed by atoms with E-state index >= 15 is 0 Å². The molecule has 0 unspecified atom stereocenters. The van der Waals surface area contributed by atoms with E-state index < -0.39 is 10.1 Å². The molecule has 1 aliphatic rings. The molecule has 0 spiro atoms. The summed E-state index contributed by atoms with van der Waals surface area (Å²) in [6.07, 6.45) is 0. The van der Waals surface area contributed by atoms with Crippen molar-refractivity contribution in [1.29, 1.82) is 0 Å². The molecule has 1 aliphatic heterocycles. The average Bonchev–Trinajstić information content (AvgIpc) is 2.63. The predicted octanol–water partition coefficient (Wildman–Crippen LogP) is -2.46. The molecule has 0 atom stereocenters. The maximum absolute atomic E-state index is 10.2. The summed E-state index contributed by atoms with van der Waals surface area (Å²) in [6.45, 7) is 1.56. The van der Waals surface area contributed by atoms with Crippen molar-refractivity contribution in [3.8, 4) is 0 Å². The summed E-state index contributed by atoms with van der Waals surface area (Å²) >= 11 is 0. The van der Waals surface area contributed by atoms with Gasteiger partial charge in [-0.2, -0.15) is 0 Å². The van der Waals surface area contributed by atoms with E-state index in [0.29, 0.717) is 19.6 Å². The van der Waals surface area contributed by atoms with Crippen LogP contribution in [0.15, 0.2) is 10.1 Å². The zero-order chi connectivity index (χ0) is 13.5. The molecule has 0 aliphatic carbocycles. The molecule has 12 nitrogen and oxygen atoms in total. The van der Waals surface area contributed by atoms with Gasteiger partial charge >= 0.3 is 0 Å². The number of hydrogen-bond acceptors (Lipinski definition) is 5. The highest BCUT2D eigenvalue weighted by Gasteiger charge is 2.20. The Hall–Kier alpha value is -2.66. The summed E-state index contributed by atoms with van der Waals surface area (Å²) in [5.74, 6) is -0.170. The Balaban J connectivity index is 2.43. The summed E-state index contributed by atoms with van der Waals surface area (Å²) in [6, 6.07) is 0. The Morgan fingerprint density at radius 2 is 2.28 bits per heavy atom. The van der Waals surface area contributed by atoms with Crippen LogP contribution in [0.5, 0.6) is 0 Å². The van der Waals surface area contributed by atoms with Gasteiger partial charge in [0.2, 0.25) is 0 Å². The Kier molecular flexibility index (Phi) is 4.59. The lowest BCUT2D eigenvalue weighted by molar-refractivity contribution is -0.525. The van der Waals surface area contributed by atoms with E-state index in [1.54, 1.807) is 10.3 Å². The van der Waals surface area contributed by atoms with Crippen molar-refractivity contribution in [2.24, 2.45) is 15.8 Å². The summed E-state index contributed by atoms with van der Waals surface area (Å²) in [5, 5.41) is 24.5. The predicted molar refractivity (Wildman–Crippen MR) is 60.6 cm³/mol. The number of nitrogens with two attached hydrogens (primary N) is 1. The largest absolute Gasteiger partial charge is 0.365 e. The second-order valence-corrected chi connectivity index (χ2v) is 3.21. The second-order valence-electron chi connectivity index (χ2n) is 3.21. The van der Waals surface area contributed by atoms with Gasteiger partial charge in [0, 0.05) is 19.6 Å². The fourth-order valence-corrected chi connectivity index (χ4v) is 1.33. The minimum absolute atomic E-state index is 0.149. The number of hydrogen-bond donors (Lipinski definition) is 3. The lowest BCUT2D eigenvalue weighted by Gasteiger charge is -2.13. The number of rotatable bonds is 5. The molecule has 12 heteroatoms. The quantitative estimate of drug-likeness (QED) is 0.212. The van der Waals surface area contributed by atoms with E-state index in [1.807, 2.05) is 0 Å². The van der Waals surface area contributed by atoms with E-state index in [-0.39, 0.29) is 18.5 Å². The van der Waals surface area contributed by atoms with Crippen LogP contribution in [-0.2, 0) is 0 Å². The summed E-state index contributed by atoms with van der Waals surface area (Å²) in [5.41, 5.74) is 6.89. The van der Waals surface area contributed by atoms with Crippen molar-refractivity contribution >= 4 is 11.9 Å². The Labute approximate surface area is 101 Å². The number of nitrogens with one attached hydrogen (secondary N) is 2. The third-order valence-corrected chi connectivity index (χ3v) is 2.00. The van der Waals surface area contributed by atoms with Gasteiger partial charge in [0.1, 0.15) is 5.10 Å². The molecule has 4 N–H and O–H groups in total. The van der Waals surface area contributed by atoms with Gasteiger partial charge in [-0.25, -0.2) is 25.2 Å². The molecule has 0 aromatic rings. The molecule has 0 amide bonds. The Bertz CT molecular complexity index is 393. The topological polar surface area (TPSA) is 164 Å². The van der Waals surface area contributed by atoms with E-state index in [4.69, 9.17) is 5.73 Å². The Morgan fingerprint density at radius 1 is 1.56 bits per heavy atom. The van der Waals surface area contributed by atoms with Crippen molar-refractivity contribution in [2.45, 2.75) is 0 Å². The minimum Gasteiger partial charge on any atom is -0.365 e. The lowest BCUT2D eigenvalue weighted by atomic mass is 10.5. The first kappa shape index (κ1) is 13.4. The van der Waals surface area contributed by atoms with Crippen LogP contribution in [0.2, 0.25) is 0 Å². The SMILES string of the molecule is NC(=NCCN1CCN/C1=N\[N+](=O)[O-])N[N+](=O)[O-]. The van der Waals surface area contributed by atoms with Crippen molar-refractivity contribution in [2.75, 3.05) is 26.2 Å². The summed E-state index contributed by atoms with van der Waals surface area (Å²) < 4.78 is 0. The van der Waals surface area contributed by atoms with Gasteiger partial charge in [0.05, 0.1) is 6.54 Å². The second kappa shape index (κ2) is 6.17. The van der Waals surface area contributed by atoms with E-state index in [1.165, 1.54) is 0 Å². The van der Waals surface area contributed by atoms with Gasteiger partial charge in [0.25, 0.3) is 11.9 Å². The number of nitrogens with zero attached hydrogens (tertiary/aromatic N) is 5. The number of hydrazone groups is 1. The van der Waals surface area contributed by atoms with Gasteiger partial charge < -0.3 is 16.0 Å². The van der Waals surface area contributed by atoms with E-state index in [0.717, 1.165) is 0 Å². The maximum Gasteiger partial charge on any atom is 0.271 e. The first-order valence-corrected chi connectivity index (χ1v) is 4.92. The number of aliphatic imine (C=N–C) groups is 1. The minimum atomic E-state index is -0.824. The molecule has 100 valence electrons. The van der Waals surface area contributed by atoms with Crippen LogP contribution in [-0.4, -0.2) is 53.1 Å². The third kappa shape index (κ3) is 4.46. The van der Waals surface area contributed by atoms with E-state index in [2.05, 4.69) is 15.4 Å². The van der Waals surface area contributed by atoms with Crippen LogP contribution in [0, 0.1) is 20.2 Å². The van der Waals surface area contributed by atoms with Gasteiger partial charge in [-0.05, 0) is 0 Å². The molecule has 0 aromatic carbocycles. The maximum atomic E-state index is 10.2. The monoisotopic (exact) mass is 260 g/mol.